The number of nitrogens with two attached hydrogens (primary N) is 1. The zero-order valence-electron chi connectivity index (χ0n) is 19.4. The molecular formula is C26H27N7O2. The van der Waals surface area contributed by atoms with Crippen molar-refractivity contribution in [2.75, 3.05) is 31.1 Å². The van der Waals surface area contributed by atoms with Crippen LogP contribution in [0.25, 0.3) is 10.9 Å². The minimum absolute atomic E-state index is 0.00835. The highest BCUT2D eigenvalue weighted by atomic mass is 16.2. The van der Waals surface area contributed by atoms with E-state index in [0.717, 1.165) is 37.0 Å². The summed E-state index contributed by atoms with van der Waals surface area (Å²) in [6.07, 6.45) is 4.19. The molecule has 35 heavy (non-hydrogen) atoms. The number of pyridine rings is 2. The summed E-state index contributed by atoms with van der Waals surface area (Å²) in [6.45, 7) is 2.36. The Hall–Kier alpha value is -4.03. The molecule has 2 atom stereocenters. The summed E-state index contributed by atoms with van der Waals surface area (Å²) < 4.78 is 0. The fraction of sp³-hybridized carbons (Fsp3) is 0.346. The van der Waals surface area contributed by atoms with Gasteiger partial charge < -0.3 is 15.5 Å². The minimum atomic E-state index is -0.521. The lowest BCUT2D eigenvalue weighted by molar-refractivity contribution is -0.132. The molecule has 0 aliphatic carbocycles. The van der Waals surface area contributed by atoms with Crippen molar-refractivity contribution in [3.8, 4) is 6.07 Å². The molecule has 1 aromatic carbocycles. The number of fused-ring (bicyclic) bond motifs is 1. The molecule has 0 spiro atoms. The van der Waals surface area contributed by atoms with Crippen LogP contribution in [0.4, 0.5) is 11.6 Å². The third kappa shape index (κ3) is 4.53. The Balaban J connectivity index is 1.42. The van der Waals surface area contributed by atoms with Crippen molar-refractivity contribution in [2.45, 2.75) is 31.3 Å². The van der Waals surface area contributed by atoms with E-state index >= 15 is 0 Å². The molecule has 2 fully saturated rings. The van der Waals surface area contributed by atoms with Gasteiger partial charge in [-0.25, -0.2) is 9.97 Å². The summed E-state index contributed by atoms with van der Waals surface area (Å²) in [6, 6.07) is 16.9. The number of aromatic nitrogens is 2. The Morgan fingerprint density at radius 2 is 1.97 bits per heavy atom. The SMILES string of the molecule is N#C[C@@H]1CCCN1C(=O)CN1CC[C@H](N(c2ccccn2)c2ccc3cccc(C(N)=O)c3n2)C1. The molecule has 0 unspecified atom stereocenters. The van der Waals surface area contributed by atoms with Crippen LogP contribution >= 0.6 is 0 Å². The maximum atomic E-state index is 12.9. The van der Waals surface area contributed by atoms with E-state index in [-0.39, 0.29) is 18.0 Å². The van der Waals surface area contributed by atoms with Gasteiger partial charge in [-0.2, -0.15) is 5.26 Å². The van der Waals surface area contributed by atoms with E-state index in [0.29, 0.717) is 36.5 Å². The van der Waals surface area contributed by atoms with Crippen molar-refractivity contribution in [3.05, 3.63) is 60.3 Å². The van der Waals surface area contributed by atoms with E-state index in [1.54, 1.807) is 23.2 Å². The number of benzene rings is 1. The van der Waals surface area contributed by atoms with Crippen LogP contribution < -0.4 is 10.6 Å². The molecule has 2 aliphatic heterocycles. The molecule has 2 aromatic heterocycles. The highest BCUT2D eigenvalue weighted by Crippen LogP contribution is 2.31. The average molecular weight is 470 g/mol. The van der Waals surface area contributed by atoms with Crippen LogP contribution in [0.5, 0.6) is 0 Å². The van der Waals surface area contributed by atoms with Gasteiger partial charge in [-0.05, 0) is 49.6 Å². The smallest absolute Gasteiger partial charge is 0.250 e. The summed E-state index contributed by atoms with van der Waals surface area (Å²) in [5.41, 5.74) is 6.54. The average Bonchev–Trinajstić information content (AvgIpc) is 3.54. The second-order valence-electron chi connectivity index (χ2n) is 9.02. The van der Waals surface area contributed by atoms with E-state index in [9.17, 15) is 14.9 Å². The molecule has 3 aromatic rings. The molecule has 9 nitrogen and oxygen atoms in total. The number of carbonyl (C=O) groups excluding carboxylic acids is 2. The lowest BCUT2D eigenvalue weighted by Crippen LogP contribution is -2.43. The number of nitriles is 1. The first-order valence-electron chi connectivity index (χ1n) is 11.9. The fourth-order valence-electron chi connectivity index (χ4n) is 5.11. The number of hydrogen-bond donors (Lipinski definition) is 1. The van der Waals surface area contributed by atoms with Crippen LogP contribution in [-0.4, -0.2) is 69.8 Å². The Kier molecular flexibility index (Phi) is 6.29. The van der Waals surface area contributed by atoms with Crippen molar-refractivity contribution in [3.63, 3.8) is 0 Å². The predicted octanol–water partition coefficient (Wildman–Crippen LogP) is 2.46. The first-order valence-corrected chi connectivity index (χ1v) is 11.9. The van der Waals surface area contributed by atoms with Gasteiger partial charge in [0, 0.05) is 31.2 Å². The number of hydrogen-bond acceptors (Lipinski definition) is 7. The summed E-state index contributed by atoms with van der Waals surface area (Å²) >= 11 is 0. The molecule has 2 N–H and O–H groups in total. The van der Waals surface area contributed by atoms with Crippen LogP contribution in [0.2, 0.25) is 0 Å². The number of likely N-dealkylation sites (tertiary alicyclic amines) is 2. The largest absolute Gasteiger partial charge is 0.366 e. The molecule has 178 valence electrons. The van der Waals surface area contributed by atoms with Gasteiger partial charge in [-0.1, -0.05) is 18.2 Å². The van der Waals surface area contributed by atoms with E-state index in [1.165, 1.54) is 0 Å². The summed E-state index contributed by atoms with van der Waals surface area (Å²) in [4.78, 5) is 40.2. The Morgan fingerprint density at radius 1 is 1.09 bits per heavy atom. The van der Waals surface area contributed by atoms with Crippen LogP contribution in [0.15, 0.2) is 54.7 Å². The molecule has 9 heteroatoms. The fourth-order valence-corrected chi connectivity index (χ4v) is 5.11. The zero-order valence-corrected chi connectivity index (χ0v) is 19.4. The lowest BCUT2D eigenvalue weighted by Gasteiger charge is -2.30. The Bertz CT molecular complexity index is 1290. The van der Waals surface area contributed by atoms with Crippen molar-refractivity contribution >= 4 is 34.4 Å². The number of rotatable bonds is 6. The van der Waals surface area contributed by atoms with E-state index in [4.69, 9.17) is 10.7 Å². The van der Waals surface area contributed by atoms with E-state index in [1.807, 2.05) is 36.4 Å². The van der Waals surface area contributed by atoms with Gasteiger partial charge >= 0.3 is 0 Å². The van der Waals surface area contributed by atoms with Crippen molar-refractivity contribution in [1.82, 2.24) is 19.8 Å². The number of primary amides is 1. The molecule has 2 saturated heterocycles. The van der Waals surface area contributed by atoms with Gasteiger partial charge in [0.15, 0.2) is 0 Å². The number of amides is 2. The first kappa shape index (κ1) is 22.7. The molecule has 4 heterocycles. The Morgan fingerprint density at radius 3 is 2.74 bits per heavy atom. The van der Waals surface area contributed by atoms with E-state index < -0.39 is 5.91 Å². The van der Waals surface area contributed by atoms with Crippen molar-refractivity contribution < 1.29 is 9.59 Å². The monoisotopic (exact) mass is 469 g/mol. The quantitative estimate of drug-likeness (QED) is 0.589. The molecular weight excluding hydrogens is 442 g/mol. The number of carbonyl (C=O) groups is 2. The predicted molar refractivity (Wildman–Crippen MR) is 132 cm³/mol. The molecule has 2 amide bonds. The van der Waals surface area contributed by atoms with Gasteiger partial charge in [0.2, 0.25) is 5.91 Å². The van der Waals surface area contributed by atoms with Crippen LogP contribution in [0.3, 0.4) is 0 Å². The maximum absolute atomic E-state index is 12.9. The standard InChI is InChI=1S/C26H27N7O2/c27-15-19-6-4-13-32(19)24(34)17-31-14-11-20(16-31)33(22-8-1-2-12-29-22)23-10-9-18-5-3-7-21(26(28)35)25(18)30-23/h1-3,5,7-10,12,19-20H,4,6,11,13-14,16-17H2,(H2,28,35)/t19-,20-/m0/s1. The summed E-state index contributed by atoms with van der Waals surface area (Å²) in [7, 11) is 0. The van der Waals surface area contributed by atoms with Crippen LogP contribution in [0.1, 0.15) is 29.6 Å². The highest BCUT2D eigenvalue weighted by molar-refractivity contribution is 6.05. The first-order chi connectivity index (χ1) is 17.0. The van der Waals surface area contributed by atoms with Gasteiger partial charge in [0.05, 0.1) is 29.7 Å². The molecule has 0 radical (unpaired) electrons. The Labute approximate surface area is 203 Å². The number of nitrogens with zero attached hydrogens (tertiary/aromatic N) is 6. The van der Waals surface area contributed by atoms with Crippen molar-refractivity contribution in [1.29, 1.82) is 5.26 Å². The summed E-state index contributed by atoms with van der Waals surface area (Å²) in [5, 5.41) is 10.2. The maximum Gasteiger partial charge on any atom is 0.250 e. The second-order valence-corrected chi connectivity index (χ2v) is 9.02. The van der Waals surface area contributed by atoms with Gasteiger partial charge in [0.25, 0.3) is 5.91 Å². The normalized spacial score (nSPS) is 20.1. The van der Waals surface area contributed by atoms with Gasteiger partial charge in [-0.15, -0.1) is 0 Å². The lowest BCUT2D eigenvalue weighted by atomic mass is 10.1. The molecule has 2 aliphatic rings. The van der Waals surface area contributed by atoms with Crippen LogP contribution in [0, 0.1) is 11.3 Å². The van der Waals surface area contributed by atoms with E-state index in [2.05, 4.69) is 20.9 Å². The zero-order chi connectivity index (χ0) is 24.4. The van der Waals surface area contributed by atoms with Crippen LogP contribution in [-0.2, 0) is 4.79 Å². The third-order valence-corrected chi connectivity index (χ3v) is 6.81. The second kappa shape index (κ2) is 9.68. The molecule has 5 rings (SSSR count). The van der Waals surface area contributed by atoms with Crippen molar-refractivity contribution in [2.24, 2.45) is 5.73 Å². The number of para-hydroxylation sites is 1. The molecule has 0 bridgehead atoms. The minimum Gasteiger partial charge on any atom is -0.366 e. The molecule has 0 saturated carbocycles. The third-order valence-electron chi connectivity index (χ3n) is 6.81. The summed E-state index contributed by atoms with van der Waals surface area (Å²) in [5.74, 6) is 0.909. The van der Waals surface area contributed by atoms with Gasteiger partial charge in [0.1, 0.15) is 17.7 Å². The topological polar surface area (TPSA) is 119 Å². The highest BCUT2D eigenvalue weighted by Gasteiger charge is 2.34. The van der Waals surface area contributed by atoms with Gasteiger partial charge in [-0.3, -0.25) is 14.5 Å². The number of anilines is 2.